The van der Waals surface area contributed by atoms with Crippen LogP contribution in [-0.2, 0) is 14.3 Å². The van der Waals surface area contributed by atoms with Gasteiger partial charge in [-0.15, -0.1) is 13.2 Å². The minimum Gasteiger partial charge on any atom is -0.496 e. The Morgan fingerprint density at radius 3 is 2.49 bits per heavy atom. The Hall–Kier alpha value is -4.65. The van der Waals surface area contributed by atoms with Crippen molar-refractivity contribution in [3.63, 3.8) is 0 Å². The Morgan fingerprint density at radius 2 is 1.80 bits per heavy atom. The minimum atomic E-state index is -1.39. The fraction of sp³-hybridized carbons (Fsp3) is 0.512. The van der Waals surface area contributed by atoms with Crippen molar-refractivity contribution in [2.75, 3.05) is 47.2 Å². The summed E-state index contributed by atoms with van der Waals surface area (Å²) >= 11 is 0. The Labute approximate surface area is 324 Å². The summed E-state index contributed by atoms with van der Waals surface area (Å²) in [5, 5.41) is 24.3. The lowest BCUT2D eigenvalue weighted by Gasteiger charge is -2.59. The second-order valence-corrected chi connectivity index (χ2v) is 14.1. The number of amides is 1. The fourth-order valence-electron chi connectivity index (χ4n) is 8.40. The van der Waals surface area contributed by atoms with Crippen molar-refractivity contribution in [1.82, 2.24) is 4.90 Å². The van der Waals surface area contributed by atoms with Gasteiger partial charge in [-0.3, -0.25) is 4.79 Å². The minimum absolute atomic E-state index is 0.0446. The molecule has 2 aromatic rings. The third-order valence-electron chi connectivity index (χ3n) is 10.8. The summed E-state index contributed by atoms with van der Waals surface area (Å²) in [5.74, 6) is 0.0911. The molecule has 12 nitrogen and oxygen atoms in total. The number of hydrogen-bond acceptors (Lipinski definition) is 11. The number of methoxy groups -OCH3 is 1. The van der Waals surface area contributed by atoms with Crippen molar-refractivity contribution < 1.29 is 48.3 Å². The molecule has 1 heterocycles. The number of benzene rings is 2. The summed E-state index contributed by atoms with van der Waals surface area (Å²) in [5.41, 5.74) is 2.90. The van der Waals surface area contributed by atoms with E-state index in [-0.39, 0.29) is 50.6 Å². The number of hydrogen-bond donors (Lipinski definition) is 2. The maximum absolute atomic E-state index is 13.7. The van der Waals surface area contributed by atoms with E-state index < -0.39 is 23.8 Å². The number of carbonyl (C=O) groups is 2. The lowest BCUT2D eigenvalue weighted by molar-refractivity contribution is -0.253. The summed E-state index contributed by atoms with van der Waals surface area (Å²) < 4.78 is 31.4. The molecule has 12 heteroatoms. The molecule has 2 aromatic carbocycles. The van der Waals surface area contributed by atoms with Gasteiger partial charge in [0.15, 0.2) is 6.29 Å². The van der Waals surface area contributed by atoms with Crippen molar-refractivity contribution in [2.24, 2.45) is 22.9 Å². The zero-order chi connectivity index (χ0) is 39.4. The first kappa shape index (κ1) is 41.5. The summed E-state index contributed by atoms with van der Waals surface area (Å²) in [6.45, 7) is 10.4. The van der Waals surface area contributed by atoms with Crippen LogP contribution >= 0.6 is 0 Å². The summed E-state index contributed by atoms with van der Waals surface area (Å²) in [6, 6.07) is 10.1. The maximum Gasteiger partial charge on any atom is 0.409 e. The third-order valence-corrected chi connectivity index (χ3v) is 10.8. The molecule has 1 fully saturated rings. The van der Waals surface area contributed by atoms with E-state index in [1.54, 1.807) is 42.3 Å². The molecule has 0 saturated heterocycles. The maximum atomic E-state index is 13.7. The standard InChI is InChI=1S/C43H56N2O10/c1-6-9-23-51-42(49)45(4)39-27-36(44-53-8-3)34-25-29(14-10-12-20-46)33(15-11-13-21-47)40-35-26-32(54-31-16-18-37(50-5)30(24-31)28-48)17-19-38(35)55-43(39,41(34)40)52-22-7-2/h6-7,16-19,24-26,28-29,33,39-41,46-47H,1-2,8-15,20-23,27H2,3-5H3. The molecule has 5 rings (SSSR count). The van der Waals surface area contributed by atoms with Crippen LogP contribution in [0.1, 0.15) is 80.1 Å². The van der Waals surface area contributed by atoms with Gasteiger partial charge in [0.2, 0.25) is 5.79 Å². The SMILES string of the molecule is C=CCCOC(=O)N(C)C1CC(=NOCC)C2=CC(CCCCO)C(CCCCO)C3c4cc(Oc5ccc(OC)c(C=O)c5)ccc4OC1(OCC=C)C23. The first-order chi connectivity index (χ1) is 26.8. The number of carbonyl (C=O) groups excluding carboxylic acids is 2. The Balaban J connectivity index is 1.73. The second kappa shape index (κ2) is 19.8. The summed E-state index contributed by atoms with van der Waals surface area (Å²) in [7, 11) is 3.20. The van der Waals surface area contributed by atoms with Gasteiger partial charge in [0.05, 0.1) is 37.5 Å². The molecule has 3 aliphatic rings. The van der Waals surface area contributed by atoms with E-state index in [0.29, 0.717) is 60.1 Å². The number of likely N-dealkylation sites (N-methyl/N-ethyl adjacent to an activating group) is 1. The van der Waals surface area contributed by atoms with E-state index in [4.69, 9.17) is 28.5 Å². The normalized spacial score (nSPS) is 24.3. The molecular formula is C43H56N2O10. The van der Waals surface area contributed by atoms with Gasteiger partial charge >= 0.3 is 6.09 Å². The van der Waals surface area contributed by atoms with E-state index in [0.717, 1.165) is 43.1 Å². The van der Waals surface area contributed by atoms with Crippen LogP contribution in [0.3, 0.4) is 0 Å². The van der Waals surface area contributed by atoms with Crippen LogP contribution in [0.4, 0.5) is 4.79 Å². The highest BCUT2D eigenvalue weighted by Gasteiger charge is 2.65. The number of fused-ring (bicyclic) bond motifs is 2. The van der Waals surface area contributed by atoms with E-state index in [2.05, 4.69) is 24.4 Å². The first-order valence-corrected chi connectivity index (χ1v) is 19.3. The smallest absolute Gasteiger partial charge is 0.409 e. The number of oxime groups is 1. The second-order valence-electron chi connectivity index (χ2n) is 14.1. The highest BCUT2D eigenvalue weighted by atomic mass is 16.7. The number of allylic oxidation sites excluding steroid dienone is 1. The van der Waals surface area contributed by atoms with Crippen molar-refractivity contribution in [1.29, 1.82) is 0 Å². The average Bonchev–Trinajstić information content (AvgIpc) is 3.20. The monoisotopic (exact) mass is 760 g/mol. The molecule has 6 atom stereocenters. The van der Waals surface area contributed by atoms with Gasteiger partial charge < -0.3 is 43.6 Å². The van der Waals surface area contributed by atoms with E-state index in [1.165, 1.54) is 7.11 Å². The van der Waals surface area contributed by atoms with Gasteiger partial charge in [0, 0.05) is 38.2 Å². The van der Waals surface area contributed by atoms with Crippen molar-refractivity contribution in [2.45, 2.75) is 76.0 Å². The van der Waals surface area contributed by atoms with Crippen LogP contribution in [0.15, 0.2) is 78.5 Å². The van der Waals surface area contributed by atoms with Gasteiger partial charge in [-0.1, -0.05) is 36.2 Å². The van der Waals surface area contributed by atoms with Crippen LogP contribution in [0.25, 0.3) is 0 Å². The van der Waals surface area contributed by atoms with Gasteiger partial charge in [-0.2, -0.15) is 0 Å². The van der Waals surface area contributed by atoms with Crippen LogP contribution in [0, 0.1) is 17.8 Å². The molecule has 298 valence electrons. The van der Waals surface area contributed by atoms with E-state index >= 15 is 0 Å². The van der Waals surface area contributed by atoms with Crippen molar-refractivity contribution in [3.8, 4) is 23.0 Å². The zero-order valence-corrected chi connectivity index (χ0v) is 32.3. The highest BCUT2D eigenvalue weighted by Crippen LogP contribution is 2.62. The number of aliphatic hydroxyl groups is 2. The number of ether oxygens (including phenoxy) is 5. The molecule has 0 radical (unpaired) electrons. The lowest BCUT2D eigenvalue weighted by Crippen LogP contribution is -2.69. The van der Waals surface area contributed by atoms with E-state index in [9.17, 15) is 19.8 Å². The van der Waals surface area contributed by atoms with Crippen LogP contribution in [-0.4, -0.2) is 92.2 Å². The van der Waals surface area contributed by atoms with Crippen LogP contribution in [0.2, 0.25) is 0 Å². The molecule has 1 saturated carbocycles. The first-order valence-electron chi connectivity index (χ1n) is 19.3. The van der Waals surface area contributed by atoms with Crippen LogP contribution < -0.4 is 14.2 Å². The highest BCUT2D eigenvalue weighted by molar-refractivity contribution is 6.03. The number of unbranched alkanes of at least 4 members (excludes halogenated alkanes) is 2. The Bertz CT molecular complexity index is 1710. The van der Waals surface area contributed by atoms with Gasteiger partial charge in [0.25, 0.3) is 0 Å². The summed E-state index contributed by atoms with van der Waals surface area (Å²) in [4.78, 5) is 32.8. The van der Waals surface area contributed by atoms with Crippen LogP contribution in [0.5, 0.6) is 23.0 Å². The molecule has 1 amide bonds. The zero-order valence-electron chi connectivity index (χ0n) is 32.3. The Morgan fingerprint density at radius 1 is 1.05 bits per heavy atom. The largest absolute Gasteiger partial charge is 0.496 e. The molecule has 2 N–H and O–H groups in total. The third kappa shape index (κ3) is 9.09. The van der Waals surface area contributed by atoms with Crippen molar-refractivity contribution >= 4 is 18.1 Å². The number of nitrogens with zero attached hydrogens (tertiary/aromatic N) is 2. The molecule has 55 heavy (non-hydrogen) atoms. The molecule has 6 unspecified atom stereocenters. The van der Waals surface area contributed by atoms with E-state index in [1.807, 2.05) is 25.1 Å². The number of aldehydes is 1. The molecule has 2 aliphatic carbocycles. The van der Waals surface area contributed by atoms with Crippen molar-refractivity contribution in [3.05, 3.63) is 84.5 Å². The lowest BCUT2D eigenvalue weighted by atomic mass is 9.55. The number of aliphatic hydroxyl groups excluding tert-OH is 2. The average molecular weight is 761 g/mol. The van der Waals surface area contributed by atoms with Gasteiger partial charge in [-0.05, 0) is 92.8 Å². The number of rotatable bonds is 21. The molecule has 0 bridgehead atoms. The van der Waals surface area contributed by atoms with Gasteiger partial charge in [-0.25, -0.2) is 4.79 Å². The Kier molecular flexibility index (Phi) is 14.9. The summed E-state index contributed by atoms with van der Waals surface area (Å²) in [6.07, 6.45) is 11.2. The molecule has 0 aromatic heterocycles. The quantitative estimate of drug-likeness (QED) is 0.0565. The molecule has 0 spiro atoms. The fourth-order valence-corrected chi connectivity index (χ4v) is 8.40. The predicted octanol–water partition coefficient (Wildman–Crippen LogP) is 7.60. The van der Waals surface area contributed by atoms with Gasteiger partial charge in [0.1, 0.15) is 35.6 Å². The predicted molar refractivity (Wildman–Crippen MR) is 209 cm³/mol. The molecular weight excluding hydrogens is 704 g/mol. The topological polar surface area (TPSA) is 146 Å². The molecule has 1 aliphatic heterocycles.